The second kappa shape index (κ2) is 7.10. The second-order valence-corrected chi connectivity index (χ2v) is 8.40. The molecule has 0 aliphatic carbocycles. The fraction of sp³-hybridized carbons (Fsp3) is 0.625. The van der Waals surface area contributed by atoms with Gasteiger partial charge in [-0.25, -0.2) is 4.98 Å². The van der Waals surface area contributed by atoms with Crippen molar-refractivity contribution in [1.82, 2.24) is 23.4 Å². The molecule has 2 aromatic rings. The van der Waals surface area contributed by atoms with Crippen LogP contribution in [0.15, 0.2) is 17.1 Å². The van der Waals surface area contributed by atoms with E-state index in [1.807, 2.05) is 4.68 Å². The van der Waals surface area contributed by atoms with Crippen molar-refractivity contribution >= 4 is 10.2 Å². The maximum absolute atomic E-state index is 13.0. The smallest absolute Gasteiger partial charge is 0.282 e. The minimum Gasteiger partial charge on any atom is -0.451 e. The van der Waals surface area contributed by atoms with Gasteiger partial charge in [-0.1, -0.05) is 6.92 Å². The van der Waals surface area contributed by atoms with Crippen molar-refractivity contribution in [3.8, 4) is 11.4 Å². The third-order valence-electron chi connectivity index (χ3n) is 4.83. The summed E-state index contributed by atoms with van der Waals surface area (Å²) < 4.78 is 41.5. The predicted molar refractivity (Wildman–Crippen MR) is 93.4 cm³/mol. The van der Waals surface area contributed by atoms with E-state index in [-0.39, 0.29) is 0 Å². The van der Waals surface area contributed by atoms with Crippen LogP contribution in [0.4, 0.5) is 0 Å². The van der Waals surface area contributed by atoms with Crippen molar-refractivity contribution in [3.05, 3.63) is 23.9 Å². The lowest BCUT2D eigenvalue weighted by Gasteiger charge is -2.34. The van der Waals surface area contributed by atoms with E-state index in [1.165, 1.54) is 10.7 Å². The first-order chi connectivity index (χ1) is 12.6. The van der Waals surface area contributed by atoms with Crippen LogP contribution in [0.2, 0.25) is 0 Å². The molecule has 0 spiro atoms. The molecule has 1 saturated heterocycles. The van der Waals surface area contributed by atoms with E-state index in [0.29, 0.717) is 57.2 Å². The molecule has 0 unspecified atom stereocenters. The molecule has 2 aliphatic heterocycles. The van der Waals surface area contributed by atoms with Crippen LogP contribution in [0.3, 0.4) is 0 Å². The van der Waals surface area contributed by atoms with Crippen LogP contribution in [0.5, 0.6) is 0 Å². The summed E-state index contributed by atoms with van der Waals surface area (Å²) in [6.07, 6.45) is 4.52. The molecule has 2 aliphatic rings. The first-order valence-corrected chi connectivity index (χ1v) is 10.3. The maximum Gasteiger partial charge on any atom is 0.282 e. The Morgan fingerprint density at radius 3 is 2.69 bits per heavy atom. The number of nitrogens with zero attached hydrogens (tertiary/aromatic N) is 5. The fourth-order valence-corrected chi connectivity index (χ4v) is 5.09. The van der Waals surface area contributed by atoms with Crippen LogP contribution < -0.4 is 0 Å². The molecule has 10 heteroatoms. The lowest BCUT2D eigenvalue weighted by molar-refractivity contribution is 0.0698. The molecule has 26 heavy (non-hydrogen) atoms. The third kappa shape index (κ3) is 3.07. The standard InChI is InChI=1S/C16H23N5O4S/c1-2-4-21-15-3-5-20(26(22,23)19-6-8-24-9-7-19)10-13(15)16(18-21)14-11-25-12-17-14/h11-12H,2-10H2,1H3. The zero-order valence-electron chi connectivity index (χ0n) is 14.8. The molecule has 4 heterocycles. The number of fused-ring (bicyclic) bond motifs is 1. The summed E-state index contributed by atoms with van der Waals surface area (Å²) in [6, 6.07) is 0. The van der Waals surface area contributed by atoms with Gasteiger partial charge in [0.2, 0.25) is 0 Å². The molecule has 142 valence electrons. The number of rotatable bonds is 5. The molecular weight excluding hydrogens is 358 g/mol. The van der Waals surface area contributed by atoms with Crippen LogP contribution in [0.25, 0.3) is 11.4 Å². The molecular formula is C16H23N5O4S. The fourth-order valence-electron chi connectivity index (χ4n) is 3.54. The van der Waals surface area contributed by atoms with Gasteiger partial charge in [0.15, 0.2) is 6.39 Å². The van der Waals surface area contributed by atoms with Crippen LogP contribution in [-0.2, 0) is 34.5 Å². The average Bonchev–Trinajstić information content (AvgIpc) is 3.30. The SMILES string of the molecule is CCCn1nc(-c2cocn2)c2c1CCN(S(=O)(=O)N1CCOCC1)C2. The van der Waals surface area contributed by atoms with Gasteiger partial charge in [0, 0.05) is 50.4 Å². The second-order valence-electron chi connectivity index (χ2n) is 6.47. The largest absolute Gasteiger partial charge is 0.451 e. The Bertz CT molecular complexity index is 856. The highest BCUT2D eigenvalue weighted by atomic mass is 32.2. The van der Waals surface area contributed by atoms with Gasteiger partial charge in [-0.3, -0.25) is 4.68 Å². The normalized spacial score (nSPS) is 19.6. The van der Waals surface area contributed by atoms with Gasteiger partial charge in [-0.05, 0) is 6.42 Å². The molecule has 0 radical (unpaired) electrons. The number of hydrogen-bond donors (Lipinski definition) is 0. The van der Waals surface area contributed by atoms with E-state index in [0.717, 1.165) is 24.2 Å². The van der Waals surface area contributed by atoms with Crippen LogP contribution in [-0.4, -0.2) is 64.6 Å². The maximum atomic E-state index is 13.0. The molecule has 2 aromatic heterocycles. The number of aromatic nitrogens is 3. The zero-order valence-corrected chi connectivity index (χ0v) is 15.6. The zero-order chi connectivity index (χ0) is 18.1. The van der Waals surface area contributed by atoms with Gasteiger partial charge >= 0.3 is 0 Å². The van der Waals surface area contributed by atoms with Crippen molar-refractivity contribution in [2.24, 2.45) is 0 Å². The topological polar surface area (TPSA) is 93.7 Å². The molecule has 0 bridgehead atoms. The van der Waals surface area contributed by atoms with E-state index in [2.05, 4.69) is 11.9 Å². The van der Waals surface area contributed by atoms with Gasteiger partial charge in [-0.15, -0.1) is 0 Å². The Kier molecular flexibility index (Phi) is 4.82. The highest BCUT2D eigenvalue weighted by Gasteiger charge is 2.36. The summed E-state index contributed by atoms with van der Waals surface area (Å²) in [4.78, 5) is 4.21. The lowest BCUT2D eigenvalue weighted by atomic mass is 10.1. The molecule has 1 fully saturated rings. The molecule has 0 N–H and O–H groups in total. The van der Waals surface area contributed by atoms with E-state index in [4.69, 9.17) is 14.3 Å². The van der Waals surface area contributed by atoms with Gasteiger partial charge in [0.1, 0.15) is 17.7 Å². The number of oxazole rings is 1. The number of aryl methyl sites for hydroxylation is 1. The lowest BCUT2D eigenvalue weighted by Crippen LogP contribution is -2.49. The van der Waals surface area contributed by atoms with Gasteiger partial charge in [0.05, 0.1) is 13.2 Å². The van der Waals surface area contributed by atoms with Crippen molar-refractivity contribution in [2.45, 2.75) is 32.9 Å². The molecule has 0 saturated carbocycles. The number of ether oxygens (including phenoxy) is 1. The minimum absolute atomic E-state index is 0.306. The quantitative estimate of drug-likeness (QED) is 0.763. The monoisotopic (exact) mass is 381 g/mol. The summed E-state index contributed by atoms with van der Waals surface area (Å²) in [6.45, 7) is 5.35. The van der Waals surface area contributed by atoms with Crippen LogP contribution >= 0.6 is 0 Å². The number of morpholine rings is 1. The Balaban J connectivity index is 1.67. The summed E-state index contributed by atoms with van der Waals surface area (Å²) in [7, 11) is -3.51. The molecule has 9 nitrogen and oxygen atoms in total. The van der Waals surface area contributed by atoms with Crippen LogP contribution in [0.1, 0.15) is 24.6 Å². The highest BCUT2D eigenvalue weighted by molar-refractivity contribution is 7.86. The van der Waals surface area contributed by atoms with Gasteiger partial charge in [-0.2, -0.15) is 22.1 Å². The summed E-state index contributed by atoms with van der Waals surface area (Å²) in [5, 5.41) is 4.69. The summed E-state index contributed by atoms with van der Waals surface area (Å²) in [5.41, 5.74) is 3.37. The first-order valence-electron chi connectivity index (χ1n) is 8.91. The average molecular weight is 381 g/mol. The summed E-state index contributed by atoms with van der Waals surface area (Å²) >= 11 is 0. The van der Waals surface area contributed by atoms with Crippen molar-refractivity contribution in [2.75, 3.05) is 32.8 Å². The van der Waals surface area contributed by atoms with Gasteiger partial charge < -0.3 is 9.15 Å². The van der Waals surface area contributed by atoms with E-state index >= 15 is 0 Å². The van der Waals surface area contributed by atoms with E-state index < -0.39 is 10.2 Å². The Hall–Kier alpha value is -1.75. The van der Waals surface area contributed by atoms with E-state index in [1.54, 1.807) is 10.6 Å². The Labute approximate surface area is 152 Å². The highest BCUT2D eigenvalue weighted by Crippen LogP contribution is 2.31. The third-order valence-corrected chi connectivity index (χ3v) is 6.81. The Morgan fingerprint density at radius 2 is 2.00 bits per heavy atom. The van der Waals surface area contributed by atoms with Crippen molar-refractivity contribution < 1.29 is 17.6 Å². The van der Waals surface area contributed by atoms with Crippen LogP contribution in [0, 0.1) is 0 Å². The molecule has 0 atom stereocenters. The molecule has 4 rings (SSSR count). The minimum atomic E-state index is -3.51. The summed E-state index contributed by atoms with van der Waals surface area (Å²) in [5.74, 6) is 0. The first kappa shape index (κ1) is 17.7. The van der Waals surface area contributed by atoms with E-state index in [9.17, 15) is 8.42 Å². The van der Waals surface area contributed by atoms with Gasteiger partial charge in [0.25, 0.3) is 10.2 Å². The predicted octanol–water partition coefficient (Wildman–Crippen LogP) is 0.883. The van der Waals surface area contributed by atoms with Crippen molar-refractivity contribution in [1.29, 1.82) is 0 Å². The molecule has 0 amide bonds. The number of hydrogen-bond acceptors (Lipinski definition) is 6. The van der Waals surface area contributed by atoms with Crippen molar-refractivity contribution in [3.63, 3.8) is 0 Å². The molecule has 0 aromatic carbocycles. The Morgan fingerprint density at radius 1 is 1.19 bits per heavy atom.